The number of carbonyl (C=O) groups excluding carboxylic acids is 3. The van der Waals surface area contributed by atoms with Crippen LogP contribution in [0.2, 0.25) is 0 Å². The van der Waals surface area contributed by atoms with Crippen LogP contribution in [-0.2, 0) is 0 Å². The van der Waals surface area contributed by atoms with Crippen LogP contribution in [0.4, 0.5) is 0 Å². The summed E-state index contributed by atoms with van der Waals surface area (Å²) in [6.07, 6.45) is 6.21. The number of rotatable bonds is 3. The monoisotopic (exact) mass is 527 g/mol. The summed E-state index contributed by atoms with van der Waals surface area (Å²) in [5.41, 5.74) is 2.64. The minimum Gasteiger partial charge on any atom is -0.872 e. The first kappa shape index (κ1) is 23.6. The van der Waals surface area contributed by atoms with Crippen LogP contribution in [0.5, 0.6) is 0 Å². The highest BCUT2D eigenvalue weighted by Crippen LogP contribution is 2.40. The molecule has 3 aliphatic rings. The SMILES string of the molecule is O=C1C(=CC2=C(Cl)C(/C=C/C3=C([O-])c4cc5ccccc5cc4C3=O)CC2)C(=O)c2cc3ccccc3cc21. The van der Waals surface area contributed by atoms with Crippen molar-refractivity contribution < 1.29 is 19.5 Å². The molecule has 39 heavy (non-hydrogen) atoms. The fourth-order valence-electron chi connectivity index (χ4n) is 5.80. The molecular formula is C34H20ClO4-. The standard InChI is InChI=1S/C34H21ClO4/c35-30-18(11-12-24-31(36)25-13-19-5-1-2-6-20(19)14-26(25)32(24)37)9-10-23(30)17-29-33(38)27-15-21-7-3-4-8-22(21)16-28(27)34(29)39/h1-8,11-18,36H,9-10H2/p-1/b12-11+. The van der Waals surface area contributed by atoms with Gasteiger partial charge in [0.2, 0.25) is 0 Å². The van der Waals surface area contributed by atoms with Crippen LogP contribution in [0.15, 0.2) is 113 Å². The predicted octanol–water partition coefficient (Wildman–Crippen LogP) is 6.73. The highest BCUT2D eigenvalue weighted by Gasteiger charge is 2.34. The van der Waals surface area contributed by atoms with E-state index in [4.69, 9.17) is 11.6 Å². The fourth-order valence-corrected chi connectivity index (χ4v) is 6.14. The van der Waals surface area contributed by atoms with Crippen molar-refractivity contribution in [2.75, 3.05) is 0 Å². The Hall–Kier alpha value is -4.54. The first-order valence-electron chi connectivity index (χ1n) is 12.8. The molecule has 7 rings (SSSR count). The van der Waals surface area contributed by atoms with Gasteiger partial charge in [-0.05, 0) is 75.9 Å². The highest BCUT2D eigenvalue weighted by molar-refractivity contribution is 6.40. The van der Waals surface area contributed by atoms with Crippen LogP contribution in [0.1, 0.15) is 49.5 Å². The maximum absolute atomic E-state index is 13.1. The first-order chi connectivity index (χ1) is 18.9. The Morgan fingerprint density at radius 1 is 0.718 bits per heavy atom. The molecule has 0 N–H and O–H groups in total. The van der Waals surface area contributed by atoms with Crippen molar-refractivity contribution in [2.45, 2.75) is 12.8 Å². The van der Waals surface area contributed by atoms with Gasteiger partial charge in [0.15, 0.2) is 17.3 Å². The lowest BCUT2D eigenvalue weighted by atomic mass is 10.0. The van der Waals surface area contributed by atoms with Gasteiger partial charge in [-0.25, -0.2) is 0 Å². The molecule has 188 valence electrons. The summed E-state index contributed by atoms with van der Waals surface area (Å²) in [5, 5.41) is 17.2. The molecule has 0 saturated carbocycles. The topological polar surface area (TPSA) is 74.3 Å². The molecule has 4 aromatic carbocycles. The van der Waals surface area contributed by atoms with Crippen molar-refractivity contribution in [3.8, 4) is 0 Å². The van der Waals surface area contributed by atoms with Crippen molar-refractivity contribution in [1.29, 1.82) is 0 Å². The summed E-state index contributed by atoms with van der Waals surface area (Å²) in [5.74, 6) is -1.38. The zero-order chi connectivity index (χ0) is 26.8. The second-order valence-corrected chi connectivity index (χ2v) is 10.6. The molecule has 0 aromatic heterocycles. The van der Waals surface area contributed by atoms with Crippen LogP contribution >= 0.6 is 11.6 Å². The van der Waals surface area contributed by atoms with Crippen molar-refractivity contribution in [3.63, 3.8) is 0 Å². The molecule has 0 aliphatic heterocycles. The van der Waals surface area contributed by atoms with Crippen LogP contribution in [0.25, 0.3) is 27.3 Å². The lowest BCUT2D eigenvalue weighted by Crippen LogP contribution is -2.03. The van der Waals surface area contributed by atoms with E-state index in [1.54, 1.807) is 42.5 Å². The van der Waals surface area contributed by atoms with Gasteiger partial charge in [-0.15, -0.1) is 0 Å². The molecule has 4 nitrogen and oxygen atoms in total. The molecule has 0 spiro atoms. The Kier molecular flexibility index (Phi) is 5.29. The molecule has 1 atom stereocenters. The number of ketones is 3. The average Bonchev–Trinajstić information content (AvgIpc) is 3.50. The second kappa shape index (κ2) is 8.75. The van der Waals surface area contributed by atoms with Crippen LogP contribution in [0, 0.1) is 5.92 Å². The van der Waals surface area contributed by atoms with Crippen molar-refractivity contribution in [1.82, 2.24) is 0 Å². The minimum absolute atomic E-state index is 0.121. The minimum atomic E-state index is -0.292. The molecule has 0 bridgehead atoms. The van der Waals surface area contributed by atoms with Gasteiger partial charge in [0.1, 0.15) is 0 Å². The third-order valence-electron chi connectivity index (χ3n) is 7.90. The van der Waals surface area contributed by atoms with Crippen molar-refractivity contribution in [2.24, 2.45) is 5.92 Å². The summed E-state index contributed by atoms with van der Waals surface area (Å²) in [6.45, 7) is 0. The summed E-state index contributed by atoms with van der Waals surface area (Å²) in [7, 11) is 0. The van der Waals surface area contributed by atoms with Crippen molar-refractivity contribution >= 4 is 56.3 Å². The number of benzene rings is 4. The van der Waals surface area contributed by atoms with Gasteiger partial charge in [0, 0.05) is 33.2 Å². The molecule has 0 fully saturated rings. The van der Waals surface area contributed by atoms with Gasteiger partial charge in [0.25, 0.3) is 0 Å². The first-order valence-corrected chi connectivity index (χ1v) is 13.2. The molecule has 0 heterocycles. The predicted molar refractivity (Wildman–Crippen MR) is 151 cm³/mol. The third kappa shape index (κ3) is 3.63. The van der Waals surface area contributed by atoms with E-state index in [9.17, 15) is 19.5 Å². The van der Waals surface area contributed by atoms with E-state index in [1.807, 2.05) is 48.5 Å². The Morgan fingerprint density at radius 3 is 1.74 bits per heavy atom. The van der Waals surface area contributed by atoms with Gasteiger partial charge < -0.3 is 5.11 Å². The normalized spacial score (nSPS) is 18.8. The van der Waals surface area contributed by atoms with Crippen molar-refractivity contribution in [3.05, 3.63) is 135 Å². The summed E-state index contributed by atoms with van der Waals surface area (Å²) >= 11 is 6.72. The number of hydrogen-bond donors (Lipinski definition) is 0. The molecule has 5 heteroatoms. The summed E-state index contributed by atoms with van der Waals surface area (Å²) in [6, 6.07) is 22.4. The third-order valence-corrected chi connectivity index (χ3v) is 8.42. The Morgan fingerprint density at radius 2 is 1.21 bits per heavy atom. The van der Waals surface area contributed by atoms with Gasteiger partial charge in [0.05, 0.1) is 5.57 Å². The Bertz CT molecular complexity index is 1880. The van der Waals surface area contributed by atoms with E-state index in [1.165, 1.54) is 0 Å². The average molecular weight is 528 g/mol. The van der Waals surface area contributed by atoms with Gasteiger partial charge in [-0.3, -0.25) is 14.4 Å². The Balaban J connectivity index is 1.17. The van der Waals surface area contributed by atoms with E-state index in [0.717, 1.165) is 27.1 Å². The van der Waals surface area contributed by atoms with E-state index in [2.05, 4.69) is 0 Å². The summed E-state index contributed by atoms with van der Waals surface area (Å²) < 4.78 is 0. The number of hydrogen-bond acceptors (Lipinski definition) is 4. The number of allylic oxidation sites excluding steroid dienone is 7. The summed E-state index contributed by atoms with van der Waals surface area (Å²) in [4.78, 5) is 39.4. The Labute approximate surface area is 229 Å². The number of carbonyl (C=O) groups is 3. The lowest BCUT2D eigenvalue weighted by Gasteiger charge is -2.11. The molecule has 0 saturated heterocycles. The van der Waals surface area contributed by atoms with Gasteiger partial charge >= 0.3 is 0 Å². The molecule has 4 aromatic rings. The highest BCUT2D eigenvalue weighted by atomic mass is 35.5. The maximum atomic E-state index is 13.1. The lowest BCUT2D eigenvalue weighted by molar-refractivity contribution is -0.244. The molecule has 0 radical (unpaired) electrons. The van der Waals surface area contributed by atoms with E-state index >= 15 is 0 Å². The number of halogens is 1. The van der Waals surface area contributed by atoms with Gasteiger partial charge in [-0.2, -0.15) is 0 Å². The van der Waals surface area contributed by atoms with E-state index in [0.29, 0.717) is 40.1 Å². The second-order valence-electron chi connectivity index (χ2n) is 10.2. The quantitative estimate of drug-likeness (QED) is 0.219. The van der Waals surface area contributed by atoms with Crippen LogP contribution in [0.3, 0.4) is 0 Å². The van der Waals surface area contributed by atoms with E-state index in [-0.39, 0.29) is 40.2 Å². The van der Waals surface area contributed by atoms with Crippen LogP contribution < -0.4 is 5.11 Å². The smallest absolute Gasteiger partial charge is 0.197 e. The number of fused-ring (bicyclic) bond motifs is 4. The van der Waals surface area contributed by atoms with Gasteiger partial charge in [-0.1, -0.05) is 78.0 Å². The zero-order valence-electron chi connectivity index (χ0n) is 20.7. The van der Waals surface area contributed by atoms with E-state index < -0.39 is 0 Å². The molecule has 3 aliphatic carbocycles. The molecule has 1 unspecified atom stereocenters. The maximum Gasteiger partial charge on any atom is 0.197 e. The zero-order valence-corrected chi connectivity index (χ0v) is 21.4. The number of Topliss-reactive ketones (excluding diaryl/α,β-unsaturated/α-hetero) is 3. The molecule has 0 amide bonds. The fraction of sp³-hybridized carbons (Fsp3) is 0.0882. The molecular weight excluding hydrogens is 508 g/mol. The largest absolute Gasteiger partial charge is 0.872 e. The van der Waals surface area contributed by atoms with Crippen LogP contribution in [-0.4, -0.2) is 17.3 Å².